The molecule has 174 valence electrons. The third-order valence-electron chi connectivity index (χ3n) is 4.08. The molecule has 0 unspecified atom stereocenters. The number of hydrogen-bond donors (Lipinski definition) is 4. The van der Waals surface area contributed by atoms with Crippen molar-refractivity contribution in [2.75, 3.05) is 30.1 Å². The molecule has 0 aliphatic rings. The fourth-order valence-electron chi connectivity index (χ4n) is 2.54. The number of nitrogens with one attached hydrogen (secondary N) is 4. The second-order valence-electron chi connectivity index (χ2n) is 6.47. The second-order valence-corrected chi connectivity index (χ2v) is 9.18. The van der Waals surface area contributed by atoms with E-state index in [2.05, 4.69) is 35.7 Å². The van der Waals surface area contributed by atoms with E-state index in [9.17, 15) is 13.2 Å². The quantitative estimate of drug-likeness (QED) is 0.182. The number of thioether (sulfide) groups is 1. The number of nitrogens with zero attached hydrogens (tertiary/aromatic N) is 3. The van der Waals surface area contributed by atoms with Crippen LogP contribution >= 0.6 is 11.8 Å². The lowest BCUT2D eigenvalue weighted by Gasteiger charge is -2.07. The number of carbonyl (C=O) groups is 1. The Labute approximate surface area is 195 Å². The zero-order valence-corrected chi connectivity index (χ0v) is 19.5. The van der Waals surface area contributed by atoms with Crippen LogP contribution in [-0.4, -0.2) is 55.1 Å². The molecule has 0 saturated carbocycles. The number of aromatic nitrogens is 3. The maximum atomic E-state index is 12.2. The smallest absolute Gasteiger partial charge is 0.240 e. The number of rotatable bonds is 11. The first kappa shape index (κ1) is 24.2. The van der Waals surface area contributed by atoms with E-state index in [1.165, 1.54) is 24.3 Å². The van der Waals surface area contributed by atoms with Crippen LogP contribution in [0.5, 0.6) is 5.75 Å². The van der Waals surface area contributed by atoms with Crippen molar-refractivity contribution in [3.63, 3.8) is 0 Å². The summed E-state index contributed by atoms with van der Waals surface area (Å²) in [4.78, 5) is 16.5. The van der Waals surface area contributed by atoms with Gasteiger partial charge < -0.3 is 10.1 Å². The summed E-state index contributed by atoms with van der Waals surface area (Å²) >= 11 is 1.14. The highest BCUT2D eigenvalue weighted by Crippen LogP contribution is 2.17. The summed E-state index contributed by atoms with van der Waals surface area (Å²) in [6.45, 7) is 2.00. The van der Waals surface area contributed by atoms with Crippen LogP contribution in [0.25, 0.3) is 0 Å². The van der Waals surface area contributed by atoms with Gasteiger partial charge in [0.2, 0.25) is 27.0 Å². The van der Waals surface area contributed by atoms with Gasteiger partial charge in [-0.3, -0.25) is 4.79 Å². The summed E-state index contributed by atoms with van der Waals surface area (Å²) < 4.78 is 31.4. The molecule has 0 fully saturated rings. The zero-order valence-electron chi connectivity index (χ0n) is 17.9. The molecule has 1 heterocycles. The van der Waals surface area contributed by atoms with Gasteiger partial charge in [-0.2, -0.15) is 10.1 Å². The number of H-pyrrole nitrogens is 1. The Bertz CT molecular complexity index is 1190. The first-order chi connectivity index (χ1) is 15.9. The maximum absolute atomic E-state index is 12.2. The molecule has 33 heavy (non-hydrogen) atoms. The van der Waals surface area contributed by atoms with Crippen LogP contribution in [0.3, 0.4) is 0 Å². The minimum Gasteiger partial charge on any atom is -0.497 e. The molecule has 13 heteroatoms. The summed E-state index contributed by atoms with van der Waals surface area (Å²) in [6.07, 6.45) is 1.62. The van der Waals surface area contributed by atoms with Crippen molar-refractivity contribution in [1.29, 1.82) is 0 Å². The molecule has 0 radical (unpaired) electrons. The summed E-state index contributed by atoms with van der Waals surface area (Å²) in [7, 11) is -1.93. The largest absolute Gasteiger partial charge is 0.497 e. The number of methoxy groups -OCH3 is 1. The predicted molar refractivity (Wildman–Crippen MR) is 127 cm³/mol. The van der Waals surface area contributed by atoms with E-state index < -0.39 is 10.0 Å². The lowest BCUT2D eigenvalue weighted by molar-refractivity contribution is -0.113. The van der Waals surface area contributed by atoms with Crippen LogP contribution < -0.4 is 20.2 Å². The van der Waals surface area contributed by atoms with Crippen LogP contribution in [0.15, 0.2) is 63.7 Å². The highest BCUT2D eigenvalue weighted by atomic mass is 32.2. The molecule has 0 aliphatic carbocycles. The molecule has 0 bridgehead atoms. The number of hydrogen-bond acceptors (Lipinski definition) is 9. The predicted octanol–water partition coefficient (Wildman–Crippen LogP) is 2.29. The molecule has 3 rings (SSSR count). The number of amides is 1. The molecule has 0 spiro atoms. The highest BCUT2D eigenvalue weighted by Gasteiger charge is 2.13. The Balaban J connectivity index is 1.45. The van der Waals surface area contributed by atoms with E-state index in [1.54, 1.807) is 20.2 Å². The minimum atomic E-state index is -3.53. The van der Waals surface area contributed by atoms with Gasteiger partial charge in [0.15, 0.2) is 0 Å². The Hall–Kier alpha value is -3.42. The van der Waals surface area contributed by atoms with Crippen LogP contribution in [0, 0.1) is 0 Å². The molecule has 4 N–H and O–H groups in total. The average Bonchev–Trinajstić information content (AvgIpc) is 3.26. The minimum absolute atomic E-state index is 0.0733. The van der Waals surface area contributed by atoms with Gasteiger partial charge in [-0.15, -0.1) is 5.10 Å². The van der Waals surface area contributed by atoms with E-state index in [-0.39, 0.29) is 16.6 Å². The Morgan fingerprint density at radius 3 is 2.58 bits per heavy atom. The third kappa shape index (κ3) is 7.30. The van der Waals surface area contributed by atoms with Crippen LogP contribution in [0.4, 0.5) is 11.6 Å². The highest BCUT2D eigenvalue weighted by molar-refractivity contribution is 7.99. The first-order valence-electron chi connectivity index (χ1n) is 9.77. The van der Waals surface area contributed by atoms with Gasteiger partial charge in [0.05, 0.1) is 24.0 Å². The van der Waals surface area contributed by atoms with Crippen LogP contribution in [0.2, 0.25) is 0 Å². The monoisotopic (exact) mass is 489 g/mol. The lowest BCUT2D eigenvalue weighted by Crippen LogP contribution is -2.23. The molecular formula is C20H23N7O4S2. The van der Waals surface area contributed by atoms with Crippen LogP contribution in [0.1, 0.15) is 12.5 Å². The normalized spacial score (nSPS) is 11.5. The average molecular weight is 490 g/mol. The van der Waals surface area contributed by atoms with Crippen molar-refractivity contribution in [3.05, 3.63) is 54.1 Å². The standard InChI is InChI=1S/C20H23N7O4S2/c1-3-22-33(29,30)17-10-6-15(7-11-17)23-18(28)13-32-20-24-19(26-27-20)25-21-12-14-4-8-16(31-2)9-5-14/h4-12,22H,3,13H2,1-2H3,(H,23,28)(H2,24,25,26,27)/b21-12-. The second kappa shape index (κ2) is 11.4. The van der Waals surface area contributed by atoms with Gasteiger partial charge in [-0.1, -0.05) is 18.7 Å². The Morgan fingerprint density at radius 2 is 1.91 bits per heavy atom. The molecule has 0 saturated heterocycles. The zero-order chi connectivity index (χ0) is 23.7. The van der Waals surface area contributed by atoms with E-state index in [0.717, 1.165) is 23.1 Å². The van der Waals surface area contributed by atoms with Crippen molar-refractivity contribution < 1.29 is 17.9 Å². The Kier molecular flexibility index (Phi) is 8.40. The van der Waals surface area contributed by atoms with E-state index in [1.807, 2.05) is 24.3 Å². The lowest BCUT2D eigenvalue weighted by atomic mass is 10.2. The van der Waals surface area contributed by atoms with Gasteiger partial charge in [-0.25, -0.2) is 23.7 Å². The number of sulfonamides is 1. The molecule has 0 aliphatic heterocycles. The Morgan fingerprint density at radius 1 is 1.18 bits per heavy atom. The number of anilines is 2. The maximum Gasteiger partial charge on any atom is 0.240 e. The van der Waals surface area contributed by atoms with Crippen molar-refractivity contribution in [1.82, 2.24) is 19.9 Å². The number of aromatic amines is 1. The van der Waals surface area contributed by atoms with Crippen molar-refractivity contribution >= 4 is 45.5 Å². The molecule has 1 aromatic heterocycles. The molecule has 2 aromatic carbocycles. The van der Waals surface area contributed by atoms with Crippen molar-refractivity contribution in [2.24, 2.45) is 5.10 Å². The first-order valence-corrected chi connectivity index (χ1v) is 12.2. The third-order valence-corrected chi connectivity index (χ3v) is 6.49. The molecule has 1 amide bonds. The van der Waals surface area contributed by atoms with Gasteiger partial charge in [0.25, 0.3) is 0 Å². The van der Waals surface area contributed by atoms with Gasteiger partial charge in [0.1, 0.15) is 5.75 Å². The summed E-state index contributed by atoms with van der Waals surface area (Å²) in [5.74, 6) is 0.888. The molecule has 3 aromatic rings. The number of benzene rings is 2. The molecular weight excluding hydrogens is 466 g/mol. The molecule has 0 atom stereocenters. The number of hydrazone groups is 1. The summed E-state index contributed by atoms with van der Waals surface area (Å²) in [5.41, 5.74) is 4.10. The van der Waals surface area contributed by atoms with Crippen LogP contribution in [-0.2, 0) is 14.8 Å². The topological polar surface area (TPSA) is 150 Å². The van der Waals surface area contributed by atoms with Gasteiger partial charge >= 0.3 is 0 Å². The number of ether oxygens (including phenoxy) is 1. The van der Waals surface area contributed by atoms with Crippen molar-refractivity contribution in [3.8, 4) is 5.75 Å². The summed E-state index contributed by atoms with van der Waals surface area (Å²) in [6, 6.07) is 13.3. The fraction of sp³-hybridized carbons (Fsp3) is 0.200. The van der Waals surface area contributed by atoms with E-state index in [0.29, 0.717) is 23.3 Å². The molecule has 11 nitrogen and oxygen atoms in total. The fourth-order valence-corrected chi connectivity index (χ4v) is 4.18. The van der Waals surface area contributed by atoms with E-state index >= 15 is 0 Å². The summed E-state index contributed by atoms with van der Waals surface area (Å²) in [5, 5.41) is 13.9. The number of carbonyl (C=O) groups excluding carboxylic acids is 1. The SMILES string of the molecule is CCNS(=O)(=O)c1ccc(NC(=O)CSc2n[nH]c(N/N=C\c3ccc(OC)cc3)n2)cc1. The van der Waals surface area contributed by atoms with Gasteiger partial charge in [-0.05, 0) is 54.1 Å². The van der Waals surface area contributed by atoms with Crippen molar-refractivity contribution in [2.45, 2.75) is 17.0 Å². The van der Waals surface area contributed by atoms with E-state index in [4.69, 9.17) is 4.74 Å². The van der Waals surface area contributed by atoms with Gasteiger partial charge in [0, 0.05) is 12.2 Å².